The zero-order valence-electron chi connectivity index (χ0n) is 10.0. The molecule has 1 unspecified atom stereocenters. The fourth-order valence-corrected chi connectivity index (χ4v) is 3.12. The number of rotatable bonds is 3. The van der Waals surface area contributed by atoms with Gasteiger partial charge in [-0.25, -0.2) is 0 Å². The number of Topliss-reactive ketones (excluding diaryl/α,β-unsaturated/α-hetero) is 1. The number of carbonyl (C=O) groups excluding carboxylic acids is 1. The number of ketones is 1. The van der Waals surface area contributed by atoms with Crippen molar-refractivity contribution in [2.24, 2.45) is 5.92 Å². The van der Waals surface area contributed by atoms with Crippen molar-refractivity contribution in [3.05, 3.63) is 30.1 Å². The first kappa shape index (κ1) is 10.9. The van der Waals surface area contributed by atoms with Gasteiger partial charge in [-0.3, -0.25) is 14.7 Å². The molecule has 3 aliphatic rings. The van der Waals surface area contributed by atoms with Crippen LogP contribution in [0.25, 0.3) is 0 Å². The van der Waals surface area contributed by atoms with Crippen molar-refractivity contribution in [1.29, 1.82) is 0 Å². The van der Waals surface area contributed by atoms with Crippen LogP contribution in [0.15, 0.2) is 24.5 Å². The van der Waals surface area contributed by atoms with E-state index in [-0.39, 0.29) is 6.04 Å². The van der Waals surface area contributed by atoms with Crippen LogP contribution in [0.5, 0.6) is 0 Å². The first-order valence-corrected chi connectivity index (χ1v) is 6.51. The zero-order valence-corrected chi connectivity index (χ0v) is 10.0. The summed E-state index contributed by atoms with van der Waals surface area (Å²) < 4.78 is 0. The number of piperidine rings is 3. The fraction of sp³-hybridized carbons (Fsp3) is 0.571. The Hall–Kier alpha value is -1.22. The van der Waals surface area contributed by atoms with Crippen molar-refractivity contribution in [2.75, 3.05) is 13.1 Å². The first-order valence-electron chi connectivity index (χ1n) is 6.51. The van der Waals surface area contributed by atoms with Gasteiger partial charge in [0.25, 0.3) is 0 Å². The minimum atomic E-state index is 0.183. The molecule has 1 aromatic heterocycles. The molecule has 3 nitrogen and oxygen atoms in total. The standard InChI is InChI=1S/C14H18N2O/c17-14-12-5-8-16(9-6-12)13(14)4-3-11-2-1-7-15-10-11/h1-2,7,10,12-13H,3-6,8-9H2. The Morgan fingerprint density at radius 2 is 2.18 bits per heavy atom. The number of nitrogens with zero attached hydrogens (tertiary/aromatic N) is 2. The minimum Gasteiger partial charge on any atom is -0.298 e. The highest BCUT2D eigenvalue weighted by Crippen LogP contribution is 2.30. The van der Waals surface area contributed by atoms with Gasteiger partial charge in [-0.05, 0) is 50.4 Å². The van der Waals surface area contributed by atoms with E-state index in [9.17, 15) is 4.79 Å². The number of aryl methyl sites for hydroxylation is 1. The Kier molecular flexibility index (Phi) is 2.93. The van der Waals surface area contributed by atoms with Crippen molar-refractivity contribution >= 4 is 5.78 Å². The highest BCUT2D eigenvalue weighted by atomic mass is 16.1. The maximum Gasteiger partial charge on any atom is 0.153 e. The molecule has 90 valence electrons. The van der Waals surface area contributed by atoms with Crippen LogP contribution in [0.4, 0.5) is 0 Å². The molecule has 3 fully saturated rings. The lowest BCUT2D eigenvalue weighted by Gasteiger charge is -2.44. The third-order valence-corrected chi connectivity index (χ3v) is 4.13. The molecule has 3 saturated heterocycles. The van der Waals surface area contributed by atoms with Gasteiger partial charge in [-0.2, -0.15) is 0 Å². The molecule has 0 aromatic carbocycles. The summed E-state index contributed by atoms with van der Waals surface area (Å²) in [7, 11) is 0. The van der Waals surface area contributed by atoms with E-state index >= 15 is 0 Å². The molecule has 4 rings (SSSR count). The Labute approximate surface area is 102 Å². The molecule has 0 aliphatic carbocycles. The summed E-state index contributed by atoms with van der Waals surface area (Å²) in [6, 6.07) is 4.24. The van der Waals surface area contributed by atoms with Crippen LogP contribution in [-0.2, 0) is 11.2 Å². The van der Waals surface area contributed by atoms with E-state index < -0.39 is 0 Å². The topological polar surface area (TPSA) is 33.2 Å². The van der Waals surface area contributed by atoms with Gasteiger partial charge in [-0.1, -0.05) is 6.07 Å². The number of fused-ring (bicyclic) bond motifs is 3. The molecule has 0 spiro atoms. The lowest BCUT2D eigenvalue weighted by Crippen LogP contribution is -2.55. The molecule has 0 N–H and O–H groups in total. The first-order chi connectivity index (χ1) is 8.34. The van der Waals surface area contributed by atoms with Gasteiger partial charge < -0.3 is 0 Å². The van der Waals surface area contributed by atoms with E-state index in [2.05, 4.69) is 16.0 Å². The Morgan fingerprint density at radius 3 is 2.82 bits per heavy atom. The molecule has 3 heteroatoms. The Bertz CT molecular complexity index is 396. The Balaban J connectivity index is 1.64. The molecule has 17 heavy (non-hydrogen) atoms. The summed E-state index contributed by atoms with van der Waals surface area (Å²) in [6.07, 6.45) is 7.79. The highest BCUT2D eigenvalue weighted by Gasteiger charge is 2.40. The maximum atomic E-state index is 12.2. The van der Waals surface area contributed by atoms with Crippen LogP contribution < -0.4 is 0 Å². The average Bonchev–Trinajstić information content (AvgIpc) is 2.40. The number of carbonyl (C=O) groups is 1. The second-order valence-electron chi connectivity index (χ2n) is 5.13. The zero-order chi connectivity index (χ0) is 11.7. The molecular formula is C14H18N2O. The number of aromatic nitrogens is 1. The van der Waals surface area contributed by atoms with Crippen molar-refractivity contribution in [2.45, 2.75) is 31.7 Å². The van der Waals surface area contributed by atoms with E-state index in [0.717, 1.165) is 38.8 Å². The molecule has 4 heterocycles. The molecule has 2 bridgehead atoms. The van der Waals surface area contributed by atoms with E-state index in [0.29, 0.717) is 11.7 Å². The summed E-state index contributed by atoms with van der Waals surface area (Å²) >= 11 is 0. The summed E-state index contributed by atoms with van der Waals surface area (Å²) in [4.78, 5) is 18.6. The van der Waals surface area contributed by atoms with Crippen LogP contribution in [-0.4, -0.2) is 34.8 Å². The van der Waals surface area contributed by atoms with Crippen LogP contribution in [0.1, 0.15) is 24.8 Å². The molecule has 0 radical (unpaired) electrons. The van der Waals surface area contributed by atoms with Gasteiger partial charge in [0.15, 0.2) is 5.78 Å². The molecule has 1 aromatic rings. The number of hydrogen-bond donors (Lipinski definition) is 0. The van der Waals surface area contributed by atoms with Gasteiger partial charge in [0.05, 0.1) is 6.04 Å². The monoisotopic (exact) mass is 230 g/mol. The third kappa shape index (κ3) is 2.12. The Morgan fingerprint density at radius 1 is 1.35 bits per heavy atom. The normalized spacial score (nSPS) is 31.8. The molecular weight excluding hydrogens is 212 g/mol. The average molecular weight is 230 g/mol. The van der Waals surface area contributed by atoms with Gasteiger partial charge in [0, 0.05) is 18.3 Å². The lowest BCUT2D eigenvalue weighted by molar-refractivity contribution is -0.137. The third-order valence-electron chi connectivity index (χ3n) is 4.13. The minimum absolute atomic E-state index is 0.183. The maximum absolute atomic E-state index is 12.2. The van der Waals surface area contributed by atoms with Gasteiger partial charge in [0.2, 0.25) is 0 Å². The largest absolute Gasteiger partial charge is 0.298 e. The van der Waals surface area contributed by atoms with Crippen molar-refractivity contribution < 1.29 is 4.79 Å². The smallest absolute Gasteiger partial charge is 0.153 e. The molecule has 3 aliphatic heterocycles. The van der Waals surface area contributed by atoms with Crippen LogP contribution in [0.2, 0.25) is 0 Å². The van der Waals surface area contributed by atoms with E-state index in [4.69, 9.17) is 0 Å². The summed E-state index contributed by atoms with van der Waals surface area (Å²) in [6.45, 7) is 2.24. The SMILES string of the molecule is O=C1C2CCN(CC2)C1CCc1cccnc1. The van der Waals surface area contributed by atoms with Gasteiger partial charge in [-0.15, -0.1) is 0 Å². The second-order valence-corrected chi connectivity index (χ2v) is 5.13. The van der Waals surface area contributed by atoms with Crippen LogP contribution >= 0.6 is 0 Å². The van der Waals surface area contributed by atoms with Crippen molar-refractivity contribution in [3.63, 3.8) is 0 Å². The van der Waals surface area contributed by atoms with Gasteiger partial charge in [0.1, 0.15) is 0 Å². The predicted molar refractivity (Wildman–Crippen MR) is 65.7 cm³/mol. The summed E-state index contributed by atoms with van der Waals surface area (Å²) in [5.74, 6) is 0.852. The van der Waals surface area contributed by atoms with Crippen LogP contribution in [0.3, 0.4) is 0 Å². The lowest BCUT2D eigenvalue weighted by atomic mass is 9.80. The van der Waals surface area contributed by atoms with Crippen LogP contribution in [0, 0.1) is 5.92 Å². The molecule has 0 saturated carbocycles. The summed E-state index contributed by atoms with van der Waals surface area (Å²) in [5, 5.41) is 0. The van der Waals surface area contributed by atoms with E-state index in [1.807, 2.05) is 12.3 Å². The molecule has 0 amide bonds. The molecule has 1 atom stereocenters. The number of pyridine rings is 1. The van der Waals surface area contributed by atoms with E-state index in [1.54, 1.807) is 6.20 Å². The highest BCUT2D eigenvalue weighted by molar-refractivity contribution is 5.87. The van der Waals surface area contributed by atoms with E-state index in [1.165, 1.54) is 5.56 Å². The van der Waals surface area contributed by atoms with Gasteiger partial charge >= 0.3 is 0 Å². The quantitative estimate of drug-likeness (QED) is 0.792. The second kappa shape index (κ2) is 4.57. The van der Waals surface area contributed by atoms with Crippen molar-refractivity contribution in [1.82, 2.24) is 9.88 Å². The predicted octanol–water partition coefficient (Wildman–Crippen LogP) is 1.68. The fourth-order valence-electron chi connectivity index (χ4n) is 3.12. The summed E-state index contributed by atoms with van der Waals surface area (Å²) in [5.41, 5.74) is 1.24. The number of hydrogen-bond acceptors (Lipinski definition) is 3. The van der Waals surface area contributed by atoms with Crippen molar-refractivity contribution in [3.8, 4) is 0 Å².